The van der Waals surface area contributed by atoms with Crippen LogP contribution in [-0.2, 0) is 6.61 Å². The summed E-state index contributed by atoms with van der Waals surface area (Å²) in [6.07, 6.45) is 0.645. The van der Waals surface area contributed by atoms with E-state index in [0.717, 1.165) is 10.0 Å². The molecule has 2 rings (SSSR count). The van der Waals surface area contributed by atoms with E-state index in [1.54, 1.807) is 18.2 Å². The third-order valence-corrected chi connectivity index (χ3v) is 3.49. The van der Waals surface area contributed by atoms with Crippen molar-refractivity contribution in [1.82, 2.24) is 0 Å². The summed E-state index contributed by atoms with van der Waals surface area (Å²) in [5.41, 5.74) is 1.22. The summed E-state index contributed by atoms with van der Waals surface area (Å²) in [5, 5.41) is 9.93. The van der Waals surface area contributed by atoms with E-state index < -0.39 is 0 Å². The average molecular weight is 342 g/mol. The van der Waals surface area contributed by atoms with E-state index in [9.17, 15) is 9.90 Å². The second-order valence-corrected chi connectivity index (χ2v) is 5.16. The number of aromatic hydroxyl groups is 1. The summed E-state index contributed by atoms with van der Waals surface area (Å²) in [5.74, 6) is 0.455. The fraction of sp³-hybridized carbons (Fsp3) is 0.0714. The first-order chi connectivity index (χ1) is 9.10. The molecule has 0 bridgehead atoms. The second kappa shape index (κ2) is 6.08. The van der Waals surface area contributed by atoms with Crippen molar-refractivity contribution in [3.63, 3.8) is 0 Å². The molecule has 0 amide bonds. The molecule has 2 aromatic carbocycles. The van der Waals surface area contributed by atoms with Crippen LogP contribution in [0.25, 0.3) is 0 Å². The van der Waals surface area contributed by atoms with Gasteiger partial charge in [-0.1, -0.05) is 33.6 Å². The van der Waals surface area contributed by atoms with Crippen LogP contribution in [0.5, 0.6) is 11.5 Å². The van der Waals surface area contributed by atoms with Gasteiger partial charge in [-0.05, 0) is 30.3 Å². The Hall–Kier alpha value is -1.52. The van der Waals surface area contributed by atoms with E-state index in [1.807, 2.05) is 6.07 Å². The molecule has 0 saturated carbocycles. The number of halogens is 2. The molecular formula is C14H10BrClO3. The highest BCUT2D eigenvalue weighted by molar-refractivity contribution is 9.10. The molecule has 0 radical (unpaired) electrons. The lowest BCUT2D eigenvalue weighted by Gasteiger charge is -2.10. The zero-order valence-corrected chi connectivity index (χ0v) is 12.1. The molecule has 19 heavy (non-hydrogen) atoms. The number of hydrogen-bond acceptors (Lipinski definition) is 3. The van der Waals surface area contributed by atoms with E-state index >= 15 is 0 Å². The van der Waals surface area contributed by atoms with Crippen molar-refractivity contribution in [2.75, 3.05) is 0 Å². The number of ether oxygens (including phenoxy) is 1. The molecule has 0 aliphatic rings. The Morgan fingerprint density at radius 3 is 2.74 bits per heavy atom. The molecule has 0 aliphatic heterocycles. The second-order valence-electron chi connectivity index (χ2n) is 3.86. The number of benzene rings is 2. The molecule has 0 fully saturated rings. The monoisotopic (exact) mass is 340 g/mol. The van der Waals surface area contributed by atoms with Crippen molar-refractivity contribution in [2.24, 2.45) is 0 Å². The van der Waals surface area contributed by atoms with Crippen LogP contribution < -0.4 is 4.74 Å². The zero-order chi connectivity index (χ0) is 13.8. The minimum atomic E-state index is 0.0297. The van der Waals surface area contributed by atoms with Gasteiger partial charge in [-0.2, -0.15) is 0 Å². The van der Waals surface area contributed by atoms with E-state index in [4.69, 9.17) is 16.3 Å². The summed E-state index contributed by atoms with van der Waals surface area (Å²) in [6.45, 7) is 0.295. The number of carbonyl (C=O) groups excluding carboxylic acids is 1. The van der Waals surface area contributed by atoms with Crippen LogP contribution in [0.4, 0.5) is 0 Å². The summed E-state index contributed by atoms with van der Waals surface area (Å²) >= 11 is 9.25. The predicted octanol–water partition coefficient (Wildman–Crippen LogP) is 4.20. The zero-order valence-electron chi connectivity index (χ0n) is 9.77. The highest BCUT2D eigenvalue weighted by atomic mass is 79.9. The van der Waals surface area contributed by atoms with Gasteiger partial charge in [-0.25, -0.2) is 0 Å². The van der Waals surface area contributed by atoms with Crippen LogP contribution in [0.3, 0.4) is 0 Å². The molecule has 0 saturated heterocycles. The van der Waals surface area contributed by atoms with E-state index in [1.165, 1.54) is 12.1 Å². The molecule has 2 aromatic rings. The summed E-state index contributed by atoms with van der Waals surface area (Å²) < 4.78 is 6.41. The van der Waals surface area contributed by atoms with Gasteiger partial charge in [0, 0.05) is 15.1 Å². The van der Waals surface area contributed by atoms with Crippen molar-refractivity contribution in [3.05, 3.63) is 57.0 Å². The predicted molar refractivity (Wildman–Crippen MR) is 77.0 cm³/mol. The van der Waals surface area contributed by atoms with Gasteiger partial charge in [0.25, 0.3) is 0 Å². The average Bonchev–Trinajstić information content (AvgIpc) is 2.39. The molecule has 0 spiro atoms. The first-order valence-corrected chi connectivity index (χ1v) is 6.62. The van der Waals surface area contributed by atoms with Gasteiger partial charge >= 0.3 is 0 Å². The minimum Gasteiger partial charge on any atom is -0.508 e. The lowest BCUT2D eigenvalue weighted by molar-refractivity contribution is 0.111. The fourth-order valence-electron chi connectivity index (χ4n) is 1.55. The molecule has 0 unspecified atom stereocenters. The third kappa shape index (κ3) is 3.49. The molecule has 0 atom stereocenters. The number of rotatable bonds is 4. The van der Waals surface area contributed by atoms with Crippen molar-refractivity contribution in [1.29, 1.82) is 0 Å². The first-order valence-electron chi connectivity index (χ1n) is 5.45. The molecule has 98 valence electrons. The third-order valence-electron chi connectivity index (χ3n) is 2.52. The lowest BCUT2D eigenvalue weighted by atomic mass is 10.2. The van der Waals surface area contributed by atoms with Gasteiger partial charge in [0.15, 0.2) is 6.29 Å². The van der Waals surface area contributed by atoms with Crippen LogP contribution in [0, 0.1) is 0 Å². The quantitative estimate of drug-likeness (QED) is 0.848. The van der Waals surface area contributed by atoms with Gasteiger partial charge in [0.2, 0.25) is 0 Å². The first kappa shape index (κ1) is 13.9. The summed E-state index contributed by atoms with van der Waals surface area (Å²) in [6, 6.07) is 9.77. The molecule has 0 heterocycles. The van der Waals surface area contributed by atoms with Gasteiger partial charge in [-0.3, -0.25) is 4.79 Å². The number of hydrogen-bond donors (Lipinski definition) is 1. The van der Waals surface area contributed by atoms with Gasteiger partial charge in [-0.15, -0.1) is 0 Å². The Balaban J connectivity index is 2.16. The Morgan fingerprint density at radius 2 is 2.05 bits per heavy atom. The highest BCUT2D eigenvalue weighted by Crippen LogP contribution is 2.26. The maximum absolute atomic E-state index is 10.9. The van der Waals surface area contributed by atoms with Crippen LogP contribution in [-0.4, -0.2) is 11.4 Å². The number of carbonyl (C=O) groups is 1. The topological polar surface area (TPSA) is 46.5 Å². The normalized spacial score (nSPS) is 10.2. The minimum absolute atomic E-state index is 0.0297. The van der Waals surface area contributed by atoms with Gasteiger partial charge in [0.05, 0.1) is 5.56 Å². The molecule has 5 heteroatoms. The molecule has 0 aromatic heterocycles. The van der Waals surface area contributed by atoms with Gasteiger partial charge in [0.1, 0.15) is 18.1 Å². The van der Waals surface area contributed by atoms with Gasteiger partial charge < -0.3 is 9.84 Å². The maximum atomic E-state index is 10.9. The standard InChI is InChI=1S/C14H10BrClO3/c15-13-6-11(16)2-1-9(13)8-19-14-4-3-12(18)5-10(14)7-17/h1-7,18H,8H2. The summed E-state index contributed by atoms with van der Waals surface area (Å²) in [7, 11) is 0. The number of aldehydes is 1. The Labute approximate surface area is 123 Å². The fourth-order valence-corrected chi connectivity index (χ4v) is 2.35. The van der Waals surface area contributed by atoms with Crippen molar-refractivity contribution in [2.45, 2.75) is 6.61 Å². The number of phenolic OH excluding ortho intramolecular Hbond substituents is 1. The number of phenols is 1. The Bertz CT molecular complexity index is 614. The molecular weight excluding hydrogens is 332 g/mol. The highest BCUT2D eigenvalue weighted by Gasteiger charge is 2.06. The van der Waals surface area contributed by atoms with Crippen LogP contribution in [0.15, 0.2) is 40.9 Å². The van der Waals surface area contributed by atoms with Crippen molar-refractivity contribution < 1.29 is 14.6 Å². The van der Waals surface area contributed by atoms with E-state index in [-0.39, 0.29) is 5.75 Å². The van der Waals surface area contributed by atoms with Crippen LogP contribution in [0.1, 0.15) is 15.9 Å². The largest absolute Gasteiger partial charge is 0.508 e. The molecule has 0 aliphatic carbocycles. The summed E-state index contributed by atoms with van der Waals surface area (Å²) in [4.78, 5) is 10.9. The smallest absolute Gasteiger partial charge is 0.153 e. The maximum Gasteiger partial charge on any atom is 0.153 e. The van der Waals surface area contributed by atoms with Crippen molar-refractivity contribution >= 4 is 33.8 Å². The molecule has 3 nitrogen and oxygen atoms in total. The van der Waals surface area contributed by atoms with Crippen LogP contribution in [0.2, 0.25) is 5.02 Å². The lowest BCUT2D eigenvalue weighted by Crippen LogP contribution is -1.99. The molecule has 1 N–H and O–H groups in total. The van der Waals surface area contributed by atoms with Crippen LogP contribution >= 0.6 is 27.5 Å². The Kier molecular flexibility index (Phi) is 4.45. The Morgan fingerprint density at radius 1 is 1.26 bits per heavy atom. The van der Waals surface area contributed by atoms with E-state index in [0.29, 0.717) is 29.2 Å². The van der Waals surface area contributed by atoms with Crippen molar-refractivity contribution in [3.8, 4) is 11.5 Å². The SMILES string of the molecule is O=Cc1cc(O)ccc1OCc1ccc(Cl)cc1Br. The van der Waals surface area contributed by atoms with E-state index in [2.05, 4.69) is 15.9 Å².